The first kappa shape index (κ1) is 9.06. The van der Waals surface area contributed by atoms with Gasteiger partial charge in [-0.25, -0.2) is 4.98 Å². The maximum absolute atomic E-state index is 5.81. The number of aromatic amines is 1. The van der Waals surface area contributed by atoms with Gasteiger partial charge in [-0.15, -0.1) is 22.9 Å². The fraction of sp³-hybridized carbons (Fsp3) is 0.125. The Morgan fingerprint density at radius 3 is 2.85 bits per heavy atom. The number of nitrogens with one attached hydrogen (secondary N) is 1. The van der Waals surface area contributed by atoms with E-state index in [2.05, 4.69) is 9.97 Å². The summed E-state index contributed by atoms with van der Waals surface area (Å²) in [6.45, 7) is 0. The van der Waals surface area contributed by atoms with Crippen molar-refractivity contribution in [2.24, 2.45) is 0 Å². The number of H-pyrrole nitrogens is 1. The van der Waals surface area contributed by atoms with Crippen molar-refractivity contribution < 1.29 is 0 Å². The number of hydrogen-bond acceptors (Lipinski definition) is 2. The van der Waals surface area contributed by atoms with Crippen LogP contribution in [0.3, 0.4) is 0 Å². The average molecular weight is 233 g/mol. The summed E-state index contributed by atoms with van der Waals surface area (Å²) in [6.07, 6.45) is 1.76. The Labute approximate surface area is 89.5 Å². The summed E-state index contributed by atoms with van der Waals surface area (Å²) < 4.78 is 0.775. The maximum Gasteiger partial charge on any atom is 0.121 e. The normalized spacial score (nSPS) is 10.6. The monoisotopic (exact) mass is 232 g/mol. The molecule has 2 nitrogen and oxygen atoms in total. The number of imidazole rings is 1. The van der Waals surface area contributed by atoms with E-state index in [0.29, 0.717) is 5.88 Å². The smallest absolute Gasteiger partial charge is 0.121 e. The number of alkyl halides is 1. The minimum Gasteiger partial charge on any atom is -0.340 e. The van der Waals surface area contributed by atoms with E-state index in [0.717, 1.165) is 20.7 Å². The van der Waals surface area contributed by atoms with Crippen LogP contribution in [0.25, 0.3) is 10.6 Å². The van der Waals surface area contributed by atoms with Gasteiger partial charge in [0.2, 0.25) is 0 Å². The van der Waals surface area contributed by atoms with Crippen LogP contribution >= 0.6 is 34.5 Å². The van der Waals surface area contributed by atoms with Gasteiger partial charge in [0.15, 0.2) is 0 Å². The summed E-state index contributed by atoms with van der Waals surface area (Å²) in [5.41, 5.74) is 0.965. The predicted molar refractivity (Wildman–Crippen MR) is 56.5 cm³/mol. The molecule has 68 valence electrons. The second kappa shape index (κ2) is 3.70. The highest BCUT2D eigenvalue weighted by molar-refractivity contribution is 7.19. The summed E-state index contributed by atoms with van der Waals surface area (Å²) in [5, 5.41) is 0. The van der Waals surface area contributed by atoms with Crippen LogP contribution < -0.4 is 0 Å². The van der Waals surface area contributed by atoms with Crippen LogP contribution in [0.15, 0.2) is 18.3 Å². The van der Waals surface area contributed by atoms with E-state index in [1.54, 1.807) is 6.20 Å². The molecular formula is C8H6Cl2N2S. The zero-order valence-corrected chi connectivity index (χ0v) is 8.88. The SMILES string of the molecule is ClCc1ncc(-c2ccc(Cl)s2)[nH]1. The molecule has 0 amide bonds. The van der Waals surface area contributed by atoms with Gasteiger partial charge in [-0.05, 0) is 12.1 Å². The van der Waals surface area contributed by atoms with Gasteiger partial charge < -0.3 is 4.98 Å². The van der Waals surface area contributed by atoms with Gasteiger partial charge in [-0.1, -0.05) is 11.6 Å². The Morgan fingerprint density at radius 1 is 1.46 bits per heavy atom. The predicted octanol–water partition coefficient (Wildman–Crippen LogP) is 3.53. The molecule has 0 saturated heterocycles. The molecule has 0 fully saturated rings. The molecule has 2 aromatic heterocycles. The van der Waals surface area contributed by atoms with Gasteiger partial charge in [-0.3, -0.25) is 0 Å². The van der Waals surface area contributed by atoms with E-state index in [-0.39, 0.29) is 0 Å². The molecule has 0 saturated carbocycles. The molecule has 13 heavy (non-hydrogen) atoms. The lowest BCUT2D eigenvalue weighted by atomic mass is 10.4. The zero-order valence-electron chi connectivity index (χ0n) is 6.55. The van der Waals surface area contributed by atoms with Gasteiger partial charge in [0.1, 0.15) is 5.82 Å². The fourth-order valence-corrected chi connectivity index (χ4v) is 2.16. The molecule has 2 rings (SSSR count). The Morgan fingerprint density at radius 2 is 2.31 bits per heavy atom. The first-order valence-corrected chi connectivity index (χ1v) is 5.38. The van der Waals surface area contributed by atoms with Crippen LogP contribution in [0, 0.1) is 0 Å². The van der Waals surface area contributed by atoms with Crippen LogP contribution in [0.4, 0.5) is 0 Å². The van der Waals surface area contributed by atoms with E-state index in [1.165, 1.54) is 11.3 Å². The zero-order chi connectivity index (χ0) is 9.26. The van der Waals surface area contributed by atoms with Crippen LogP contribution in [-0.2, 0) is 5.88 Å². The lowest BCUT2D eigenvalue weighted by Gasteiger charge is -1.88. The van der Waals surface area contributed by atoms with Crippen molar-refractivity contribution in [3.8, 4) is 10.6 Å². The third-order valence-corrected chi connectivity index (χ3v) is 3.11. The van der Waals surface area contributed by atoms with Crippen molar-refractivity contribution in [3.63, 3.8) is 0 Å². The van der Waals surface area contributed by atoms with E-state index >= 15 is 0 Å². The third-order valence-electron chi connectivity index (χ3n) is 1.59. The van der Waals surface area contributed by atoms with Crippen molar-refractivity contribution in [1.29, 1.82) is 0 Å². The molecule has 1 N–H and O–H groups in total. The topological polar surface area (TPSA) is 28.7 Å². The Bertz CT molecular complexity index is 408. The quantitative estimate of drug-likeness (QED) is 0.789. The van der Waals surface area contributed by atoms with Crippen molar-refractivity contribution >= 4 is 34.5 Å². The van der Waals surface area contributed by atoms with Crippen LogP contribution in [0.2, 0.25) is 4.34 Å². The second-order valence-electron chi connectivity index (χ2n) is 2.48. The van der Waals surface area contributed by atoms with E-state index < -0.39 is 0 Å². The summed E-state index contributed by atoms with van der Waals surface area (Å²) >= 11 is 12.9. The third kappa shape index (κ3) is 1.88. The number of aromatic nitrogens is 2. The first-order chi connectivity index (χ1) is 6.29. The number of thiophene rings is 1. The standard InChI is InChI=1S/C8H6Cl2N2S/c9-3-8-11-4-5(12-8)6-1-2-7(10)13-6/h1-2,4H,3H2,(H,11,12). The van der Waals surface area contributed by atoms with Crippen molar-refractivity contribution in [2.75, 3.05) is 0 Å². The molecule has 0 aromatic carbocycles. The summed E-state index contributed by atoms with van der Waals surface area (Å²) in [6, 6.07) is 3.82. The molecule has 0 aliphatic heterocycles. The highest BCUT2D eigenvalue weighted by atomic mass is 35.5. The average Bonchev–Trinajstić information content (AvgIpc) is 2.71. The molecule has 0 bridgehead atoms. The molecule has 0 unspecified atom stereocenters. The molecule has 0 spiro atoms. The molecule has 0 radical (unpaired) electrons. The van der Waals surface area contributed by atoms with Crippen molar-refractivity contribution in [3.05, 3.63) is 28.5 Å². The Balaban J connectivity index is 2.35. The van der Waals surface area contributed by atoms with E-state index in [4.69, 9.17) is 23.2 Å². The van der Waals surface area contributed by atoms with Gasteiger partial charge in [0.25, 0.3) is 0 Å². The lowest BCUT2D eigenvalue weighted by molar-refractivity contribution is 1.12. The fourth-order valence-electron chi connectivity index (χ4n) is 1.01. The highest BCUT2D eigenvalue weighted by Crippen LogP contribution is 2.29. The summed E-state index contributed by atoms with van der Waals surface area (Å²) in [7, 11) is 0. The van der Waals surface area contributed by atoms with Gasteiger partial charge in [0.05, 0.1) is 27.0 Å². The Kier molecular flexibility index (Phi) is 2.58. The second-order valence-corrected chi connectivity index (χ2v) is 4.46. The number of hydrogen-bond donors (Lipinski definition) is 1. The number of halogens is 2. The van der Waals surface area contributed by atoms with Gasteiger partial charge >= 0.3 is 0 Å². The van der Waals surface area contributed by atoms with Crippen molar-refractivity contribution in [1.82, 2.24) is 9.97 Å². The molecule has 0 aliphatic rings. The lowest BCUT2D eigenvalue weighted by Crippen LogP contribution is -1.78. The largest absolute Gasteiger partial charge is 0.340 e. The minimum absolute atomic E-state index is 0.402. The van der Waals surface area contributed by atoms with E-state index in [9.17, 15) is 0 Å². The minimum atomic E-state index is 0.402. The van der Waals surface area contributed by atoms with Gasteiger partial charge in [0, 0.05) is 0 Å². The number of rotatable bonds is 2. The molecule has 0 aliphatic carbocycles. The molecule has 5 heteroatoms. The maximum atomic E-state index is 5.81. The molecule has 2 heterocycles. The molecule has 2 aromatic rings. The van der Waals surface area contributed by atoms with Crippen LogP contribution in [-0.4, -0.2) is 9.97 Å². The van der Waals surface area contributed by atoms with Crippen LogP contribution in [0.5, 0.6) is 0 Å². The summed E-state index contributed by atoms with van der Waals surface area (Å²) in [4.78, 5) is 8.28. The summed E-state index contributed by atoms with van der Waals surface area (Å²) in [5.74, 6) is 1.18. The van der Waals surface area contributed by atoms with Crippen molar-refractivity contribution in [2.45, 2.75) is 5.88 Å². The molecule has 0 atom stereocenters. The van der Waals surface area contributed by atoms with Crippen LogP contribution in [0.1, 0.15) is 5.82 Å². The Hall–Kier alpha value is -0.510. The first-order valence-electron chi connectivity index (χ1n) is 3.65. The molecular weight excluding hydrogens is 227 g/mol. The number of nitrogens with zero attached hydrogens (tertiary/aromatic N) is 1. The highest BCUT2D eigenvalue weighted by Gasteiger charge is 2.04. The van der Waals surface area contributed by atoms with Gasteiger partial charge in [-0.2, -0.15) is 0 Å². The van der Waals surface area contributed by atoms with E-state index in [1.807, 2.05) is 12.1 Å².